The molecular formula is C13H14FN3O3S. The Balaban J connectivity index is 2.94. The minimum Gasteiger partial charge on any atom is -0.278 e. The van der Waals surface area contributed by atoms with Crippen LogP contribution in [0.5, 0.6) is 0 Å². The van der Waals surface area contributed by atoms with Crippen LogP contribution < -0.4 is 11.2 Å². The van der Waals surface area contributed by atoms with Gasteiger partial charge in [0.2, 0.25) is 0 Å². The Hall–Kier alpha value is -2.22. The summed E-state index contributed by atoms with van der Waals surface area (Å²) in [5, 5.41) is 0. The first kappa shape index (κ1) is 8.93. The molecule has 0 aliphatic carbocycles. The van der Waals surface area contributed by atoms with Gasteiger partial charge < -0.3 is 0 Å². The largest absolute Gasteiger partial charge is 0.343 e. The quantitative estimate of drug-likeness (QED) is 0.805. The van der Waals surface area contributed by atoms with Gasteiger partial charge in [0.05, 0.1) is 11.1 Å². The summed E-state index contributed by atoms with van der Waals surface area (Å²) in [5.41, 5.74) is -2.26. The Bertz CT molecular complexity index is 1100. The van der Waals surface area contributed by atoms with Crippen molar-refractivity contribution >= 4 is 10.0 Å². The van der Waals surface area contributed by atoms with Gasteiger partial charge in [-0.2, -0.15) is 3.97 Å². The maximum atomic E-state index is 14.4. The van der Waals surface area contributed by atoms with E-state index in [1.807, 2.05) is 0 Å². The van der Waals surface area contributed by atoms with Crippen molar-refractivity contribution in [3.05, 3.63) is 57.8 Å². The highest BCUT2D eigenvalue weighted by atomic mass is 32.2. The number of nitrogens with zero attached hydrogens (tertiary/aromatic N) is 3. The molecule has 2 rings (SSSR count). The third-order valence-electron chi connectivity index (χ3n) is 2.72. The molecule has 0 aliphatic rings. The molecule has 1 aromatic heterocycles. The molecule has 0 bridgehead atoms. The molecule has 1 heterocycles. The molecule has 0 spiro atoms. The Morgan fingerprint density at radius 2 is 1.95 bits per heavy atom. The fraction of sp³-hybridized carbons (Fsp3) is 0.231. The molecule has 112 valence electrons. The van der Waals surface area contributed by atoms with Crippen LogP contribution in [0.1, 0.15) is 13.8 Å². The number of aryl methyl sites for hydroxylation is 1. The van der Waals surface area contributed by atoms with E-state index in [1.165, 1.54) is 12.1 Å². The van der Waals surface area contributed by atoms with E-state index in [2.05, 4.69) is 4.99 Å². The van der Waals surface area contributed by atoms with Crippen LogP contribution in [-0.4, -0.2) is 23.9 Å². The van der Waals surface area contributed by atoms with E-state index in [0.717, 1.165) is 17.7 Å². The molecule has 0 radical (unpaired) electrons. The summed E-state index contributed by atoms with van der Waals surface area (Å²) in [7, 11) is -4.64. The first-order chi connectivity index (χ1) is 12.1. The molecule has 0 unspecified atom stereocenters. The topological polar surface area (TPSA) is 73.4 Å². The molecule has 2 aromatic rings. The molecule has 0 aliphatic heterocycles. The van der Waals surface area contributed by atoms with Gasteiger partial charge in [-0.25, -0.2) is 17.6 Å². The maximum absolute atomic E-state index is 14.4. The van der Waals surface area contributed by atoms with Gasteiger partial charge in [0.15, 0.2) is 11.3 Å². The second kappa shape index (κ2) is 5.28. The van der Waals surface area contributed by atoms with Crippen molar-refractivity contribution in [3.63, 3.8) is 0 Å². The van der Waals surface area contributed by atoms with Crippen molar-refractivity contribution in [2.24, 2.45) is 12.0 Å². The number of rotatable bonds is 2. The van der Waals surface area contributed by atoms with E-state index < -0.39 is 41.0 Å². The van der Waals surface area contributed by atoms with Gasteiger partial charge in [0.25, 0.3) is 10.0 Å². The van der Waals surface area contributed by atoms with Gasteiger partial charge in [0, 0.05) is 22.2 Å². The first-order valence-electron chi connectivity index (χ1n) is 8.57. The van der Waals surface area contributed by atoms with Crippen LogP contribution in [0, 0.1) is 12.7 Å². The SMILES string of the molecule is [2H]C([2H])([2H])/N=c1/c(F)cn(S(=O)(=O)c2ccc(C)cc2)c(=O)n1C([2H])([2H])[2H]. The van der Waals surface area contributed by atoms with E-state index in [1.54, 1.807) is 6.92 Å². The summed E-state index contributed by atoms with van der Waals surface area (Å²) >= 11 is 0. The van der Waals surface area contributed by atoms with Gasteiger partial charge in [0.1, 0.15) is 0 Å². The molecule has 0 saturated carbocycles. The molecule has 8 heteroatoms. The lowest BCUT2D eigenvalue weighted by molar-refractivity contribution is 0.537. The van der Waals surface area contributed by atoms with E-state index in [0.29, 0.717) is 0 Å². The smallest absolute Gasteiger partial charge is 0.278 e. The predicted molar refractivity (Wildman–Crippen MR) is 74.9 cm³/mol. The number of halogens is 1. The zero-order chi connectivity index (χ0) is 20.8. The maximum Gasteiger partial charge on any atom is 0.343 e. The van der Waals surface area contributed by atoms with Gasteiger partial charge in [-0.1, -0.05) is 17.7 Å². The molecule has 0 atom stereocenters. The van der Waals surface area contributed by atoms with Crippen molar-refractivity contribution in [3.8, 4) is 0 Å². The molecule has 0 fully saturated rings. The zero-order valence-electron chi connectivity index (χ0n) is 16.7. The van der Waals surface area contributed by atoms with Crippen molar-refractivity contribution in [1.29, 1.82) is 0 Å². The van der Waals surface area contributed by atoms with Gasteiger partial charge in [-0.05, 0) is 19.1 Å². The van der Waals surface area contributed by atoms with E-state index in [-0.39, 0.29) is 19.6 Å². The lowest BCUT2D eigenvalue weighted by Gasteiger charge is -2.10. The zero-order valence-corrected chi connectivity index (χ0v) is 11.6. The van der Waals surface area contributed by atoms with Crippen LogP contribution in [0.2, 0.25) is 0 Å². The van der Waals surface area contributed by atoms with Crippen molar-refractivity contribution in [2.75, 3.05) is 6.98 Å². The number of aromatic nitrogens is 2. The van der Waals surface area contributed by atoms with Crippen LogP contribution in [0.3, 0.4) is 0 Å². The monoisotopic (exact) mass is 317 g/mol. The highest BCUT2D eigenvalue weighted by Crippen LogP contribution is 2.12. The predicted octanol–water partition coefficient (Wildman–Crippen LogP) is 0.402. The molecule has 21 heavy (non-hydrogen) atoms. The number of hydrogen-bond donors (Lipinski definition) is 0. The lowest BCUT2D eigenvalue weighted by Crippen LogP contribution is -2.42. The van der Waals surface area contributed by atoms with E-state index >= 15 is 0 Å². The van der Waals surface area contributed by atoms with E-state index in [4.69, 9.17) is 8.22 Å². The second-order valence-corrected chi connectivity index (χ2v) is 5.96. The van der Waals surface area contributed by atoms with Gasteiger partial charge in [-0.15, -0.1) is 0 Å². The Kier molecular flexibility index (Phi) is 2.25. The summed E-state index contributed by atoms with van der Waals surface area (Å²) in [6.45, 7) is -4.84. The van der Waals surface area contributed by atoms with Gasteiger partial charge in [-0.3, -0.25) is 9.56 Å². The molecule has 0 N–H and O–H groups in total. The summed E-state index contributed by atoms with van der Waals surface area (Å²) in [4.78, 5) is 15.1. The van der Waals surface area contributed by atoms with Gasteiger partial charge >= 0.3 is 5.69 Å². The average Bonchev–Trinajstić information content (AvgIpc) is 2.48. The lowest BCUT2D eigenvalue weighted by atomic mass is 10.2. The van der Waals surface area contributed by atoms with Crippen molar-refractivity contribution in [2.45, 2.75) is 11.8 Å². The average molecular weight is 317 g/mol. The minimum atomic E-state index is -4.64. The number of hydrogen-bond acceptors (Lipinski definition) is 4. The fourth-order valence-electron chi connectivity index (χ4n) is 1.61. The summed E-state index contributed by atoms with van der Waals surface area (Å²) < 4.78 is 82.6. The molecular weight excluding hydrogens is 297 g/mol. The molecule has 0 amide bonds. The molecule has 6 nitrogen and oxygen atoms in total. The minimum absolute atomic E-state index is 0.0993. The Morgan fingerprint density at radius 1 is 1.29 bits per heavy atom. The van der Waals surface area contributed by atoms with Crippen LogP contribution >= 0.6 is 0 Å². The first-order valence-corrected chi connectivity index (χ1v) is 7.01. The third kappa shape index (κ3) is 2.54. The van der Waals surface area contributed by atoms with E-state index in [9.17, 15) is 17.6 Å². The molecule has 1 aromatic carbocycles. The van der Waals surface area contributed by atoms with Crippen LogP contribution in [0.4, 0.5) is 4.39 Å². The fourth-order valence-corrected chi connectivity index (χ4v) is 2.84. The van der Waals surface area contributed by atoms with Crippen LogP contribution in [0.25, 0.3) is 0 Å². The Labute approximate surface area is 129 Å². The normalized spacial score (nSPS) is 18.1. The van der Waals surface area contributed by atoms with Crippen LogP contribution in [-0.2, 0) is 17.0 Å². The highest BCUT2D eigenvalue weighted by molar-refractivity contribution is 7.90. The Morgan fingerprint density at radius 3 is 2.52 bits per heavy atom. The molecule has 0 saturated heterocycles. The van der Waals surface area contributed by atoms with Crippen molar-refractivity contribution < 1.29 is 21.0 Å². The summed E-state index contributed by atoms with van der Waals surface area (Å²) in [6, 6.07) is 5.19. The second-order valence-electron chi connectivity index (χ2n) is 4.14. The summed E-state index contributed by atoms with van der Waals surface area (Å²) in [5.74, 6) is -1.60. The third-order valence-corrected chi connectivity index (χ3v) is 4.37. The van der Waals surface area contributed by atoms with Crippen molar-refractivity contribution in [1.82, 2.24) is 8.54 Å². The number of benzene rings is 1. The summed E-state index contributed by atoms with van der Waals surface area (Å²) in [6.07, 6.45) is 0.199. The highest BCUT2D eigenvalue weighted by Gasteiger charge is 2.21. The van der Waals surface area contributed by atoms with Crippen LogP contribution in [0.15, 0.2) is 45.1 Å². The standard InChI is InChI=1S/C13H14FN3O3S/c1-9-4-6-10(7-5-9)21(19,20)17-8-11(14)12(15-2)16(3)13(17)18/h4-8H,1-3H3/b15-12-/i2D3,3D3.